The monoisotopic (exact) mass is 343 g/mol. The molecule has 0 aliphatic carbocycles. The van der Waals surface area contributed by atoms with Crippen LogP contribution >= 0.6 is 11.6 Å². The van der Waals surface area contributed by atoms with Gasteiger partial charge in [-0.2, -0.15) is 0 Å². The van der Waals surface area contributed by atoms with Gasteiger partial charge in [0.15, 0.2) is 0 Å². The maximum Gasteiger partial charge on any atom is 0.322 e. The van der Waals surface area contributed by atoms with Crippen molar-refractivity contribution in [2.75, 3.05) is 5.32 Å². The van der Waals surface area contributed by atoms with Crippen LogP contribution in [-0.2, 0) is 0 Å². The highest BCUT2D eigenvalue weighted by atomic mass is 35.5. The molecule has 1 aromatic heterocycles. The van der Waals surface area contributed by atoms with Gasteiger partial charge in [0.1, 0.15) is 11.6 Å². The van der Waals surface area contributed by atoms with Gasteiger partial charge in [-0.15, -0.1) is 0 Å². The molecule has 3 rings (SSSR count). The summed E-state index contributed by atoms with van der Waals surface area (Å²) in [7, 11) is 0. The molecule has 1 N–H and O–H groups in total. The molecule has 120 valence electrons. The van der Waals surface area contributed by atoms with E-state index in [-0.39, 0.29) is 16.6 Å². The predicted molar refractivity (Wildman–Crippen MR) is 87.9 cm³/mol. The summed E-state index contributed by atoms with van der Waals surface area (Å²) in [5.41, 5.74) is 0.0588. The lowest BCUT2D eigenvalue weighted by molar-refractivity contribution is 0.102. The third kappa shape index (κ3) is 3.67. The minimum atomic E-state index is -0.704. The van der Waals surface area contributed by atoms with Crippen LogP contribution in [0.25, 0.3) is 0 Å². The Morgan fingerprint density at radius 2 is 1.75 bits per heavy atom. The van der Waals surface area contributed by atoms with Gasteiger partial charge < -0.3 is 10.1 Å². The smallest absolute Gasteiger partial charge is 0.322 e. The molecule has 1 amide bonds. The SMILES string of the molecule is O=C(Nc1cnc(Oc2ccccc2)nc1)c1c(F)cccc1Cl. The lowest BCUT2D eigenvalue weighted by Crippen LogP contribution is -2.14. The third-order valence-electron chi connectivity index (χ3n) is 3.03. The second-order valence-electron chi connectivity index (χ2n) is 4.72. The Morgan fingerprint density at radius 3 is 2.42 bits per heavy atom. The van der Waals surface area contributed by atoms with Gasteiger partial charge in [0.25, 0.3) is 5.91 Å². The maximum absolute atomic E-state index is 13.7. The van der Waals surface area contributed by atoms with E-state index in [9.17, 15) is 9.18 Å². The van der Waals surface area contributed by atoms with Gasteiger partial charge in [-0.25, -0.2) is 14.4 Å². The van der Waals surface area contributed by atoms with E-state index in [1.54, 1.807) is 12.1 Å². The number of hydrogen-bond acceptors (Lipinski definition) is 4. The molecule has 2 aromatic carbocycles. The number of halogens is 2. The van der Waals surface area contributed by atoms with Crippen molar-refractivity contribution >= 4 is 23.2 Å². The maximum atomic E-state index is 13.7. The quantitative estimate of drug-likeness (QED) is 0.766. The van der Waals surface area contributed by atoms with E-state index in [4.69, 9.17) is 16.3 Å². The summed E-state index contributed by atoms with van der Waals surface area (Å²) in [6, 6.07) is 13.2. The van der Waals surface area contributed by atoms with Gasteiger partial charge in [0.2, 0.25) is 0 Å². The molecule has 0 spiro atoms. The molecule has 0 unspecified atom stereocenters. The summed E-state index contributed by atoms with van der Waals surface area (Å²) in [4.78, 5) is 20.1. The molecule has 0 atom stereocenters. The summed E-state index contributed by atoms with van der Waals surface area (Å²) in [5.74, 6) is -0.796. The van der Waals surface area contributed by atoms with Gasteiger partial charge >= 0.3 is 6.01 Å². The average molecular weight is 344 g/mol. The zero-order valence-corrected chi connectivity index (χ0v) is 13.0. The number of rotatable bonds is 4. The van der Waals surface area contributed by atoms with Gasteiger partial charge in [-0.1, -0.05) is 35.9 Å². The number of ether oxygens (including phenoxy) is 1. The number of hydrogen-bond donors (Lipinski definition) is 1. The van der Waals surface area contributed by atoms with Crippen LogP contribution in [0.15, 0.2) is 60.9 Å². The van der Waals surface area contributed by atoms with Crippen molar-refractivity contribution in [2.24, 2.45) is 0 Å². The van der Waals surface area contributed by atoms with E-state index in [0.717, 1.165) is 6.07 Å². The Kier molecular flexibility index (Phi) is 4.67. The first-order chi connectivity index (χ1) is 11.6. The lowest BCUT2D eigenvalue weighted by atomic mass is 10.2. The van der Waals surface area contributed by atoms with Gasteiger partial charge in [-0.05, 0) is 24.3 Å². The Bertz CT molecular complexity index is 837. The second-order valence-corrected chi connectivity index (χ2v) is 5.13. The van der Waals surface area contributed by atoms with Crippen LogP contribution < -0.4 is 10.1 Å². The van der Waals surface area contributed by atoms with Crippen LogP contribution in [0, 0.1) is 5.82 Å². The number of aromatic nitrogens is 2. The first-order valence-electron chi connectivity index (χ1n) is 6.94. The minimum absolute atomic E-state index is 0.0254. The van der Waals surface area contributed by atoms with E-state index >= 15 is 0 Å². The normalized spacial score (nSPS) is 10.2. The zero-order chi connectivity index (χ0) is 16.9. The Hall–Kier alpha value is -2.99. The Balaban J connectivity index is 1.71. The fourth-order valence-electron chi connectivity index (χ4n) is 1.94. The van der Waals surface area contributed by atoms with E-state index in [2.05, 4.69) is 15.3 Å². The van der Waals surface area contributed by atoms with Crippen molar-refractivity contribution in [1.29, 1.82) is 0 Å². The number of nitrogens with one attached hydrogen (secondary N) is 1. The molecule has 0 bridgehead atoms. The lowest BCUT2D eigenvalue weighted by Gasteiger charge is -2.08. The highest BCUT2D eigenvalue weighted by Gasteiger charge is 2.16. The molecule has 0 fully saturated rings. The summed E-state index contributed by atoms with van der Waals surface area (Å²) in [6.45, 7) is 0. The molecule has 24 heavy (non-hydrogen) atoms. The number of para-hydroxylation sites is 1. The van der Waals surface area contributed by atoms with E-state index < -0.39 is 11.7 Å². The van der Waals surface area contributed by atoms with Crippen molar-refractivity contribution in [3.8, 4) is 11.8 Å². The molecule has 0 aliphatic rings. The number of carbonyl (C=O) groups excluding carboxylic acids is 1. The molecule has 0 saturated carbocycles. The molecule has 0 saturated heterocycles. The number of benzene rings is 2. The molecule has 3 aromatic rings. The van der Waals surface area contributed by atoms with Crippen molar-refractivity contribution in [3.63, 3.8) is 0 Å². The molecule has 7 heteroatoms. The Morgan fingerprint density at radius 1 is 1.04 bits per heavy atom. The summed E-state index contributed by atoms with van der Waals surface area (Å²) in [6.07, 6.45) is 2.72. The molecular weight excluding hydrogens is 333 g/mol. The fourth-order valence-corrected chi connectivity index (χ4v) is 2.18. The number of nitrogens with zero attached hydrogens (tertiary/aromatic N) is 2. The summed E-state index contributed by atoms with van der Waals surface area (Å²) >= 11 is 5.85. The summed E-state index contributed by atoms with van der Waals surface area (Å²) < 4.78 is 19.2. The molecular formula is C17H11ClFN3O2. The highest BCUT2D eigenvalue weighted by Crippen LogP contribution is 2.21. The third-order valence-corrected chi connectivity index (χ3v) is 3.34. The van der Waals surface area contributed by atoms with Crippen LogP contribution in [0.2, 0.25) is 5.02 Å². The first kappa shape index (κ1) is 15.9. The van der Waals surface area contributed by atoms with Gasteiger partial charge in [0, 0.05) is 0 Å². The second kappa shape index (κ2) is 7.06. The fraction of sp³-hybridized carbons (Fsp3) is 0. The standard InChI is InChI=1S/C17H11ClFN3O2/c18-13-7-4-8-14(19)15(13)16(23)22-11-9-20-17(21-10-11)24-12-5-2-1-3-6-12/h1-10H,(H,22,23). The van der Waals surface area contributed by atoms with Crippen LogP contribution in [0.3, 0.4) is 0 Å². The number of carbonyl (C=O) groups is 1. The van der Waals surface area contributed by atoms with E-state index in [1.165, 1.54) is 24.5 Å². The zero-order valence-electron chi connectivity index (χ0n) is 12.2. The van der Waals surface area contributed by atoms with E-state index in [0.29, 0.717) is 11.4 Å². The number of amides is 1. The predicted octanol–water partition coefficient (Wildman–Crippen LogP) is 4.31. The van der Waals surface area contributed by atoms with Crippen LogP contribution in [-0.4, -0.2) is 15.9 Å². The summed E-state index contributed by atoms with van der Waals surface area (Å²) in [5, 5.41) is 2.51. The van der Waals surface area contributed by atoms with Crippen LogP contribution in [0.5, 0.6) is 11.8 Å². The van der Waals surface area contributed by atoms with Crippen molar-refractivity contribution in [2.45, 2.75) is 0 Å². The van der Waals surface area contributed by atoms with Crippen molar-refractivity contribution in [1.82, 2.24) is 9.97 Å². The minimum Gasteiger partial charge on any atom is -0.424 e. The van der Waals surface area contributed by atoms with E-state index in [1.807, 2.05) is 18.2 Å². The highest BCUT2D eigenvalue weighted by molar-refractivity contribution is 6.34. The van der Waals surface area contributed by atoms with Crippen molar-refractivity contribution in [3.05, 3.63) is 77.3 Å². The first-order valence-corrected chi connectivity index (χ1v) is 7.31. The number of anilines is 1. The van der Waals surface area contributed by atoms with Crippen molar-refractivity contribution < 1.29 is 13.9 Å². The Labute approximate surface area is 142 Å². The molecule has 5 nitrogen and oxygen atoms in total. The molecule has 0 radical (unpaired) electrons. The topological polar surface area (TPSA) is 64.1 Å². The average Bonchev–Trinajstić information content (AvgIpc) is 2.57. The van der Waals surface area contributed by atoms with Gasteiger partial charge in [-0.3, -0.25) is 4.79 Å². The van der Waals surface area contributed by atoms with Crippen LogP contribution in [0.1, 0.15) is 10.4 Å². The largest absolute Gasteiger partial charge is 0.424 e. The molecule has 0 aliphatic heterocycles. The molecule has 1 heterocycles. The van der Waals surface area contributed by atoms with Crippen LogP contribution in [0.4, 0.5) is 10.1 Å². The van der Waals surface area contributed by atoms with Gasteiger partial charge in [0.05, 0.1) is 28.7 Å².